The van der Waals surface area contributed by atoms with Gasteiger partial charge in [-0.2, -0.15) is 0 Å². The number of anilines is 1. The van der Waals surface area contributed by atoms with Crippen LogP contribution in [0.25, 0.3) is 0 Å². The molecule has 3 rings (SSSR count). The molecular weight excluding hydrogens is 306 g/mol. The van der Waals surface area contributed by atoms with Crippen molar-refractivity contribution >= 4 is 22.4 Å². The molecule has 0 aliphatic heterocycles. The van der Waals surface area contributed by atoms with Gasteiger partial charge in [-0.25, -0.2) is 13.8 Å². The van der Waals surface area contributed by atoms with Gasteiger partial charge in [-0.1, -0.05) is 18.9 Å². The second kappa shape index (κ2) is 6.52. The minimum absolute atomic E-state index is 0.303. The molecule has 0 saturated heterocycles. The first-order valence-corrected chi connectivity index (χ1v) is 8.21. The highest BCUT2D eigenvalue weighted by Gasteiger charge is 2.18. The van der Waals surface area contributed by atoms with Gasteiger partial charge in [0.15, 0.2) is 16.8 Å². The van der Waals surface area contributed by atoms with Gasteiger partial charge in [0, 0.05) is 4.88 Å². The van der Waals surface area contributed by atoms with Gasteiger partial charge in [-0.3, -0.25) is 10.1 Å². The monoisotopic (exact) mass is 322 g/mol. The first-order chi connectivity index (χ1) is 10.6. The second-order valence-corrected chi connectivity index (χ2v) is 6.44. The van der Waals surface area contributed by atoms with Gasteiger partial charge in [0.25, 0.3) is 5.91 Å². The van der Waals surface area contributed by atoms with Gasteiger partial charge < -0.3 is 0 Å². The molecule has 1 aromatic heterocycles. The molecule has 1 aliphatic carbocycles. The molecular formula is C16H16F2N2OS. The van der Waals surface area contributed by atoms with Crippen LogP contribution in [0, 0.1) is 11.6 Å². The lowest BCUT2D eigenvalue weighted by Crippen LogP contribution is -2.14. The van der Waals surface area contributed by atoms with Crippen LogP contribution in [-0.4, -0.2) is 10.9 Å². The van der Waals surface area contributed by atoms with Gasteiger partial charge in [0.1, 0.15) is 0 Å². The van der Waals surface area contributed by atoms with Crippen LogP contribution >= 0.6 is 11.3 Å². The van der Waals surface area contributed by atoms with Crippen LogP contribution in [-0.2, 0) is 12.8 Å². The highest BCUT2D eigenvalue weighted by molar-refractivity contribution is 7.15. The summed E-state index contributed by atoms with van der Waals surface area (Å²) < 4.78 is 26.8. The Labute approximate surface area is 131 Å². The van der Waals surface area contributed by atoms with Crippen molar-refractivity contribution in [2.24, 2.45) is 0 Å². The fourth-order valence-corrected chi connectivity index (χ4v) is 3.65. The molecule has 0 saturated carbocycles. The maximum Gasteiger partial charge on any atom is 0.260 e. The molecule has 1 aromatic carbocycles. The van der Waals surface area contributed by atoms with E-state index in [4.69, 9.17) is 0 Å². The van der Waals surface area contributed by atoms with Crippen molar-refractivity contribution in [2.75, 3.05) is 5.32 Å². The summed E-state index contributed by atoms with van der Waals surface area (Å²) in [5.41, 5.74) is 0.724. The summed E-state index contributed by atoms with van der Waals surface area (Å²) in [6.45, 7) is 0. The van der Waals surface area contributed by atoms with E-state index in [0.717, 1.165) is 37.4 Å². The van der Waals surface area contributed by atoms with Crippen LogP contribution in [0.3, 0.4) is 0 Å². The Hall–Kier alpha value is -1.82. The molecule has 0 spiro atoms. The van der Waals surface area contributed by atoms with E-state index in [9.17, 15) is 13.6 Å². The predicted octanol–water partition coefficient (Wildman–Crippen LogP) is 4.33. The van der Waals surface area contributed by atoms with Crippen molar-refractivity contribution in [3.05, 3.63) is 46.0 Å². The van der Waals surface area contributed by atoms with Crippen molar-refractivity contribution in [1.82, 2.24) is 4.98 Å². The second-order valence-electron chi connectivity index (χ2n) is 5.36. The minimum Gasteiger partial charge on any atom is -0.298 e. The third-order valence-electron chi connectivity index (χ3n) is 3.76. The van der Waals surface area contributed by atoms with E-state index in [2.05, 4.69) is 10.3 Å². The minimum atomic E-state index is -1.13. The average Bonchev–Trinajstić information content (AvgIpc) is 2.83. The average molecular weight is 322 g/mol. The molecule has 1 heterocycles. The molecule has 0 radical (unpaired) electrons. The number of rotatable bonds is 2. The Balaban J connectivity index is 1.79. The number of fused-ring (bicyclic) bond motifs is 1. The number of benzene rings is 1. The molecule has 0 bridgehead atoms. The van der Waals surface area contributed by atoms with Gasteiger partial charge in [0.05, 0.1) is 11.3 Å². The Morgan fingerprint density at radius 1 is 1.14 bits per heavy atom. The van der Waals surface area contributed by atoms with Gasteiger partial charge >= 0.3 is 0 Å². The number of thiazole rings is 1. The molecule has 0 fully saturated rings. The van der Waals surface area contributed by atoms with E-state index in [1.54, 1.807) is 0 Å². The smallest absolute Gasteiger partial charge is 0.260 e. The van der Waals surface area contributed by atoms with Crippen LogP contribution in [0.5, 0.6) is 0 Å². The topological polar surface area (TPSA) is 42.0 Å². The van der Waals surface area contributed by atoms with Crippen LogP contribution < -0.4 is 5.32 Å². The summed E-state index contributed by atoms with van der Waals surface area (Å²) in [6, 6.07) is 3.56. The van der Waals surface area contributed by atoms with Crippen LogP contribution in [0.15, 0.2) is 18.2 Å². The number of amides is 1. The van der Waals surface area contributed by atoms with E-state index in [-0.39, 0.29) is 5.56 Å². The number of carbonyl (C=O) groups excluding carboxylic acids is 1. The van der Waals surface area contributed by atoms with E-state index in [0.29, 0.717) is 5.13 Å². The summed E-state index contributed by atoms with van der Waals surface area (Å²) in [7, 11) is 0. The zero-order chi connectivity index (χ0) is 15.5. The normalized spacial score (nSPS) is 14.8. The molecule has 0 atom stereocenters. The maximum atomic E-state index is 13.6. The zero-order valence-electron chi connectivity index (χ0n) is 12.0. The Kier molecular flexibility index (Phi) is 4.47. The standard InChI is InChI=1S/C16H16F2N2OS/c17-11-7-5-6-10(14(11)18)15(21)20-16-19-12-8-3-1-2-4-9-13(12)22-16/h5-7H,1-4,8-9H2,(H,19,20,21). The largest absolute Gasteiger partial charge is 0.298 e. The van der Waals surface area contributed by atoms with Gasteiger partial charge in [-0.05, 0) is 37.8 Å². The summed E-state index contributed by atoms with van der Waals surface area (Å²) in [5, 5.41) is 3.04. The molecule has 22 heavy (non-hydrogen) atoms. The fourth-order valence-electron chi connectivity index (χ4n) is 2.60. The number of nitrogens with zero attached hydrogens (tertiary/aromatic N) is 1. The van der Waals surface area contributed by atoms with Crippen LogP contribution in [0.4, 0.5) is 13.9 Å². The molecule has 3 nitrogen and oxygen atoms in total. The number of hydrogen-bond acceptors (Lipinski definition) is 3. The lowest BCUT2D eigenvalue weighted by Gasteiger charge is -2.06. The molecule has 1 amide bonds. The third-order valence-corrected chi connectivity index (χ3v) is 4.84. The number of halogens is 2. The quantitative estimate of drug-likeness (QED) is 0.894. The summed E-state index contributed by atoms with van der Waals surface area (Å²) in [6.07, 6.45) is 6.53. The first-order valence-electron chi connectivity index (χ1n) is 7.39. The van der Waals surface area contributed by atoms with Crippen molar-refractivity contribution in [2.45, 2.75) is 38.5 Å². The van der Waals surface area contributed by atoms with Crippen molar-refractivity contribution < 1.29 is 13.6 Å². The lowest BCUT2D eigenvalue weighted by atomic mass is 10.0. The van der Waals surface area contributed by atoms with Crippen LogP contribution in [0.1, 0.15) is 46.6 Å². The number of aromatic nitrogens is 1. The maximum absolute atomic E-state index is 13.6. The number of carbonyl (C=O) groups is 1. The first kappa shape index (κ1) is 15.1. The molecule has 116 valence electrons. The summed E-state index contributed by atoms with van der Waals surface area (Å²) in [4.78, 5) is 17.7. The molecule has 0 unspecified atom stereocenters. The van der Waals surface area contributed by atoms with Crippen molar-refractivity contribution in [3.63, 3.8) is 0 Å². The van der Waals surface area contributed by atoms with Gasteiger partial charge in [0.2, 0.25) is 0 Å². The number of hydrogen-bond donors (Lipinski definition) is 1. The lowest BCUT2D eigenvalue weighted by molar-refractivity contribution is 0.102. The van der Waals surface area contributed by atoms with E-state index in [1.165, 1.54) is 41.2 Å². The van der Waals surface area contributed by atoms with Crippen LogP contribution in [0.2, 0.25) is 0 Å². The summed E-state index contributed by atoms with van der Waals surface area (Å²) >= 11 is 1.43. The fraction of sp³-hybridized carbons (Fsp3) is 0.375. The zero-order valence-corrected chi connectivity index (χ0v) is 12.8. The SMILES string of the molecule is O=C(Nc1nc2c(s1)CCCCCC2)c1cccc(F)c1F. The Bertz CT molecular complexity index is 674. The molecule has 1 aliphatic rings. The van der Waals surface area contributed by atoms with Gasteiger partial charge in [-0.15, -0.1) is 11.3 Å². The summed E-state index contributed by atoms with van der Waals surface area (Å²) in [5.74, 6) is -2.83. The van der Waals surface area contributed by atoms with Crippen molar-refractivity contribution in [3.8, 4) is 0 Å². The highest BCUT2D eigenvalue weighted by atomic mass is 32.1. The highest BCUT2D eigenvalue weighted by Crippen LogP contribution is 2.29. The molecule has 2 aromatic rings. The third kappa shape index (κ3) is 3.16. The Morgan fingerprint density at radius 2 is 1.91 bits per heavy atom. The van der Waals surface area contributed by atoms with E-state index in [1.807, 2.05) is 0 Å². The Morgan fingerprint density at radius 3 is 2.73 bits per heavy atom. The number of nitrogens with one attached hydrogen (secondary N) is 1. The van der Waals surface area contributed by atoms with Crippen molar-refractivity contribution in [1.29, 1.82) is 0 Å². The van der Waals surface area contributed by atoms with E-state index >= 15 is 0 Å². The predicted molar refractivity (Wildman–Crippen MR) is 82.3 cm³/mol. The molecule has 6 heteroatoms. The van der Waals surface area contributed by atoms with E-state index < -0.39 is 17.5 Å². The number of aryl methyl sites for hydroxylation is 2. The molecule has 1 N–H and O–H groups in total.